The number of rotatable bonds is 1. The zero-order valence-corrected chi connectivity index (χ0v) is 12.4. The van der Waals surface area contributed by atoms with Gasteiger partial charge in [-0.1, -0.05) is 19.1 Å². The van der Waals surface area contributed by atoms with Crippen LogP contribution in [0.2, 0.25) is 0 Å². The molecule has 0 aromatic heterocycles. The summed E-state index contributed by atoms with van der Waals surface area (Å²) in [5, 5.41) is 3.58. The third kappa shape index (κ3) is 2.69. The van der Waals surface area contributed by atoms with Crippen LogP contribution in [0.4, 0.5) is 5.69 Å². The average Bonchev–Trinajstić information content (AvgIpc) is 2.41. The zero-order chi connectivity index (χ0) is 13.3. The molecule has 1 N–H and O–H groups in total. The van der Waals surface area contributed by atoms with Gasteiger partial charge in [0.05, 0.1) is 0 Å². The van der Waals surface area contributed by atoms with Gasteiger partial charge >= 0.3 is 0 Å². The molecule has 1 aliphatic rings. The topological polar surface area (TPSA) is 15.3 Å². The molecule has 0 bridgehead atoms. The standard InChI is InChI=1S/C16H26N2/c1-12-6-7-14(3)15(8-12)18-10-13(2)9-17-11-16(18,4)5/h6-8,13,17H,9-11H2,1-5H3. The summed E-state index contributed by atoms with van der Waals surface area (Å²) in [6.45, 7) is 14.7. The number of nitrogens with one attached hydrogen (secondary N) is 1. The van der Waals surface area contributed by atoms with Crippen LogP contribution in [0.3, 0.4) is 0 Å². The summed E-state index contributed by atoms with van der Waals surface area (Å²) in [5.41, 5.74) is 4.29. The van der Waals surface area contributed by atoms with Crippen molar-refractivity contribution in [2.45, 2.75) is 40.2 Å². The Balaban J connectivity index is 2.41. The van der Waals surface area contributed by atoms with Crippen molar-refractivity contribution < 1.29 is 0 Å². The van der Waals surface area contributed by atoms with Crippen molar-refractivity contribution in [3.05, 3.63) is 29.3 Å². The van der Waals surface area contributed by atoms with Crippen molar-refractivity contribution in [3.8, 4) is 0 Å². The first-order chi connectivity index (χ1) is 8.40. The second-order valence-electron chi connectivity index (χ2n) is 6.45. The summed E-state index contributed by atoms with van der Waals surface area (Å²) < 4.78 is 0. The molecule has 1 aromatic carbocycles. The van der Waals surface area contributed by atoms with Gasteiger partial charge < -0.3 is 10.2 Å². The van der Waals surface area contributed by atoms with E-state index in [0.29, 0.717) is 5.92 Å². The highest BCUT2D eigenvalue weighted by atomic mass is 15.2. The first kappa shape index (κ1) is 13.4. The van der Waals surface area contributed by atoms with E-state index >= 15 is 0 Å². The molecule has 100 valence electrons. The molecule has 0 radical (unpaired) electrons. The Morgan fingerprint density at radius 3 is 2.72 bits per heavy atom. The molecule has 1 aromatic rings. The fourth-order valence-corrected chi connectivity index (χ4v) is 2.78. The van der Waals surface area contributed by atoms with Gasteiger partial charge in [-0.3, -0.25) is 0 Å². The number of benzene rings is 1. The van der Waals surface area contributed by atoms with Gasteiger partial charge in [-0.15, -0.1) is 0 Å². The van der Waals surface area contributed by atoms with Crippen molar-refractivity contribution in [2.24, 2.45) is 5.92 Å². The van der Waals surface area contributed by atoms with Gasteiger partial charge in [-0.2, -0.15) is 0 Å². The van der Waals surface area contributed by atoms with E-state index in [2.05, 4.69) is 63.0 Å². The van der Waals surface area contributed by atoms with Crippen molar-refractivity contribution in [2.75, 3.05) is 24.5 Å². The summed E-state index contributed by atoms with van der Waals surface area (Å²) in [6.07, 6.45) is 0. The van der Waals surface area contributed by atoms with E-state index in [1.807, 2.05) is 0 Å². The van der Waals surface area contributed by atoms with Gasteiger partial charge in [0.2, 0.25) is 0 Å². The third-order valence-electron chi connectivity index (χ3n) is 3.93. The molecule has 0 aliphatic carbocycles. The minimum Gasteiger partial charge on any atom is -0.365 e. The van der Waals surface area contributed by atoms with E-state index in [-0.39, 0.29) is 5.54 Å². The molecule has 1 unspecified atom stereocenters. The van der Waals surface area contributed by atoms with Gasteiger partial charge in [-0.25, -0.2) is 0 Å². The van der Waals surface area contributed by atoms with E-state index in [9.17, 15) is 0 Å². The first-order valence-electron chi connectivity index (χ1n) is 6.96. The Labute approximate surface area is 111 Å². The van der Waals surface area contributed by atoms with E-state index < -0.39 is 0 Å². The van der Waals surface area contributed by atoms with E-state index in [1.54, 1.807) is 0 Å². The molecule has 18 heavy (non-hydrogen) atoms. The van der Waals surface area contributed by atoms with Gasteiger partial charge in [0.25, 0.3) is 0 Å². The largest absolute Gasteiger partial charge is 0.365 e. The van der Waals surface area contributed by atoms with Crippen molar-refractivity contribution in [1.82, 2.24) is 5.32 Å². The normalized spacial score (nSPS) is 23.8. The number of aryl methyl sites for hydroxylation is 2. The Hall–Kier alpha value is -1.02. The summed E-state index contributed by atoms with van der Waals surface area (Å²) in [5.74, 6) is 0.687. The lowest BCUT2D eigenvalue weighted by atomic mass is 9.99. The molecule has 0 amide bonds. The quantitative estimate of drug-likeness (QED) is 0.819. The average molecular weight is 246 g/mol. The van der Waals surface area contributed by atoms with Gasteiger partial charge in [0, 0.05) is 24.3 Å². The van der Waals surface area contributed by atoms with E-state index in [1.165, 1.54) is 16.8 Å². The molecule has 2 rings (SSSR count). The highest BCUT2D eigenvalue weighted by Gasteiger charge is 2.31. The number of hydrogen-bond acceptors (Lipinski definition) is 2. The molecular formula is C16H26N2. The van der Waals surface area contributed by atoms with Crippen LogP contribution in [0.1, 0.15) is 31.9 Å². The SMILES string of the molecule is Cc1ccc(C)c(N2CC(C)CNCC2(C)C)c1. The Bertz CT molecular complexity index is 423. The van der Waals surface area contributed by atoms with Crippen molar-refractivity contribution in [3.63, 3.8) is 0 Å². The minimum absolute atomic E-state index is 0.170. The van der Waals surface area contributed by atoms with Crippen LogP contribution in [0.5, 0.6) is 0 Å². The number of nitrogens with zero attached hydrogens (tertiary/aromatic N) is 1. The fraction of sp³-hybridized carbons (Fsp3) is 0.625. The van der Waals surface area contributed by atoms with Crippen LogP contribution in [0.15, 0.2) is 18.2 Å². The smallest absolute Gasteiger partial charge is 0.0470 e. The van der Waals surface area contributed by atoms with Crippen LogP contribution in [-0.2, 0) is 0 Å². The third-order valence-corrected chi connectivity index (χ3v) is 3.93. The van der Waals surface area contributed by atoms with Crippen LogP contribution in [-0.4, -0.2) is 25.2 Å². The predicted octanol–water partition coefficient (Wildman–Crippen LogP) is 3.13. The summed E-state index contributed by atoms with van der Waals surface area (Å²) >= 11 is 0. The lowest BCUT2D eigenvalue weighted by Gasteiger charge is -2.40. The summed E-state index contributed by atoms with van der Waals surface area (Å²) in [6, 6.07) is 6.77. The zero-order valence-electron chi connectivity index (χ0n) is 12.4. The molecule has 1 fully saturated rings. The maximum Gasteiger partial charge on any atom is 0.0470 e. The maximum absolute atomic E-state index is 3.58. The molecular weight excluding hydrogens is 220 g/mol. The van der Waals surface area contributed by atoms with E-state index in [0.717, 1.165) is 19.6 Å². The van der Waals surface area contributed by atoms with Crippen LogP contribution in [0, 0.1) is 19.8 Å². The van der Waals surface area contributed by atoms with Crippen LogP contribution >= 0.6 is 0 Å². The summed E-state index contributed by atoms with van der Waals surface area (Å²) in [7, 11) is 0. The second-order valence-corrected chi connectivity index (χ2v) is 6.45. The van der Waals surface area contributed by atoms with Crippen LogP contribution < -0.4 is 10.2 Å². The van der Waals surface area contributed by atoms with E-state index in [4.69, 9.17) is 0 Å². The number of hydrogen-bond donors (Lipinski definition) is 1. The molecule has 1 heterocycles. The van der Waals surface area contributed by atoms with Gasteiger partial charge in [-0.05, 0) is 57.4 Å². The molecule has 2 nitrogen and oxygen atoms in total. The van der Waals surface area contributed by atoms with Crippen molar-refractivity contribution >= 4 is 5.69 Å². The lowest BCUT2D eigenvalue weighted by Crippen LogP contribution is -2.49. The second kappa shape index (κ2) is 4.93. The Morgan fingerprint density at radius 2 is 2.00 bits per heavy atom. The highest BCUT2D eigenvalue weighted by Crippen LogP contribution is 2.30. The van der Waals surface area contributed by atoms with Crippen LogP contribution in [0.25, 0.3) is 0 Å². The Morgan fingerprint density at radius 1 is 1.28 bits per heavy atom. The van der Waals surface area contributed by atoms with Gasteiger partial charge in [0.1, 0.15) is 0 Å². The highest BCUT2D eigenvalue weighted by molar-refractivity contribution is 5.57. The number of anilines is 1. The molecule has 1 saturated heterocycles. The maximum atomic E-state index is 3.58. The summed E-state index contributed by atoms with van der Waals surface area (Å²) in [4.78, 5) is 2.58. The monoisotopic (exact) mass is 246 g/mol. The fourth-order valence-electron chi connectivity index (χ4n) is 2.78. The first-order valence-corrected chi connectivity index (χ1v) is 6.96. The molecule has 0 saturated carbocycles. The van der Waals surface area contributed by atoms with Gasteiger partial charge in [0.15, 0.2) is 0 Å². The molecule has 0 spiro atoms. The molecule has 1 atom stereocenters. The Kier molecular flexibility index (Phi) is 3.67. The van der Waals surface area contributed by atoms with Crippen molar-refractivity contribution in [1.29, 1.82) is 0 Å². The minimum atomic E-state index is 0.170. The molecule has 2 heteroatoms. The molecule has 1 aliphatic heterocycles. The predicted molar refractivity (Wildman–Crippen MR) is 79.4 cm³/mol. The lowest BCUT2D eigenvalue weighted by molar-refractivity contribution is 0.459.